The molecule has 0 saturated carbocycles. The molecule has 0 aliphatic rings. The van der Waals surface area contributed by atoms with Crippen molar-refractivity contribution in [1.82, 2.24) is 5.32 Å². The number of aliphatic hydroxyl groups is 1. The maximum Gasteiger partial charge on any atom is 0.248 e. The second kappa shape index (κ2) is 8.12. The molecule has 1 rings (SSSR count). The number of nitrogens with one attached hydrogen (secondary N) is 1. The van der Waals surface area contributed by atoms with Crippen molar-refractivity contribution in [3.05, 3.63) is 41.5 Å². The zero-order valence-electron chi connectivity index (χ0n) is 11.5. The van der Waals surface area contributed by atoms with Crippen LogP contribution in [0.4, 0.5) is 0 Å². The summed E-state index contributed by atoms with van der Waals surface area (Å²) < 4.78 is 0. The first-order valence-electron chi connectivity index (χ1n) is 6.49. The number of primary amides is 1. The normalized spacial score (nSPS) is 12.3. The van der Waals surface area contributed by atoms with E-state index < -0.39 is 5.91 Å². The zero-order chi connectivity index (χ0) is 15.0. The van der Waals surface area contributed by atoms with Crippen LogP contribution >= 0.6 is 0 Å². The van der Waals surface area contributed by atoms with E-state index in [2.05, 4.69) is 5.32 Å². The van der Waals surface area contributed by atoms with Gasteiger partial charge in [0.2, 0.25) is 11.8 Å². The van der Waals surface area contributed by atoms with Gasteiger partial charge in [-0.3, -0.25) is 9.59 Å². The average molecular weight is 276 g/mol. The molecule has 1 aromatic rings. The van der Waals surface area contributed by atoms with Crippen molar-refractivity contribution >= 4 is 17.9 Å². The van der Waals surface area contributed by atoms with E-state index in [1.54, 1.807) is 30.3 Å². The minimum Gasteiger partial charge on any atom is -0.396 e. The van der Waals surface area contributed by atoms with Crippen LogP contribution in [-0.2, 0) is 4.79 Å². The van der Waals surface area contributed by atoms with Gasteiger partial charge in [-0.1, -0.05) is 19.1 Å². The highest BCUT2D eigenvalue weighted by Gasteiger charge is 2.02. The van der Waals surface area contributed by atoms with Gasteiger partial charge >= 0.3 is 0 Å². The van der Waals surface area contributed by atoms with Gasteiger partial charge in [0.15, 0.2) is 0 Å². The number of carbonyl (C=O) groups excluding carboxylic acids is 2. The topological polar surface area (TPSA) is 92.4 Å². The Balaban J connectivity index is 2.46. The Morgan fingerprint density at radius 1 is 1.35 bits per heavy atom. The fourth-order valence-electron chi connectivity index (χ4n) is 1.59. The fraction of sp³-hybridized carbons (Fsp3) is 0.333. The third kappa shape index (κ3) is 5.67. The number of aliphatic hydroxyl groups excluding tert-OH is 1. The van der Waals surface area contributed by atoms with E-state index in [4.69, 9.17) is 10.8 Å². The SMILES string of the molecule is CC(CCO)CNC(=O)C=Cc1ccc(C(N)=O)cc1. The molecule has 1 unspecified atom stereocenters. The van der Waals surface area contributed by atoms with Crippen LogP contribution < -0.4 is 11.1 Å². The van der Waals surface area contributed by atoms with Crippen LogP contribution in [-0.4, -0.2) is 30.1 Å². The molecule has 0 bridgehead atoms. The van der Waals surface area contributed by atoms with E-state index in [9.17, 15) is 9.59 Å². The Morgan fingerprint density at radius 2 is 2.00 bits per heavy atom. The Morgan fingerprint density at radius 3 is 2.55 bits per heavy atom. The molecule has 5 heteroatoms. The van der Waals surface area contributed by atoms with Crippen LogP contribution in [0.5, 0.6) is 0 Å². The number of nitrogens with two attached hydrogens (primary N) is 1. The summed E-state index contributed by atoms with van der Waals surface area (Å²) in [5.41, 5.74) is 6.39. The Labute approximate surface area is 118 Å². The number of amides is 2. The lowest BCUT2D eigenvalue weighted by molar-refractivity contribution is -0.116. The van der Waals surface area contributed by atoms with Crippen molar-refractivity contribution in [2.75, 3.05) is 13.2 Å². The summed E-state index contributed by atoms with van der Waals surface area (Å²) in [7, 11) is 0. The largest absolute Gasteiger partial charge is 0.396 e. The second-order valence-corrected chi connectivity index (χ2v) is 4.68. The van der Waals surface area contributed by atoms with Crippen LogP contribution in [0.3, 0.4) is 0 Å². The summed E-state index contributed by atoms with van der Waals surface area (Å²) in [4.78, 5) is 22.5. The molecule has 0 aliphatic carbocycles. The highest BCUT2D eigenvalue weighted by Crippen LogP contribution is 2.05. The van der Waals surface area contributed by atoms with Crippen LogP contribution in [0.2, 0.25) is 0 Å². The Bertz CT molecular complexity index is 480. The lowest BCUT2D eigenvalue weighted by atomic mass is 10.1. The van der Waals surface area contributed by atoms with Gasteiger partial charge in [0, 0.05) is 24.8 Å². The summed E-state index contributed by atoms with van der Waals surface area (Å²) in [6, 6.07) is 6.67. The van der Waals surface area contributed by atoms with E-state index in [-0.39, 0.29) is 18.4 Å². The van der Waals surface area contributed by atoms with Crippen LogP contribution in [0.1, 0.15) is 29.3 Å². The van der Waals surface area contributed by atoms with Gasteiger partial charge in [-0.05, 0) is 36.1 Å². The maximum absolute atomic E-state index is 11.6. The van der Waals surface area contributed by atoms with Crippen molar-refractivity contribution in [2.45, 2.75) is 13.3 Å². The summed E-state index contributed by atoms with van der Waals surface area (Å²) in [5.74, 6) is -0.419. The lowest BCUT2D eigenvalue weighted by Crippen LogP contribution is -2.26. The van der Waals surface area contributed by atoms with E-state index in [1.165, 1.54) is 6.08 Å². The van der Waals surface area contributed by atoms with Gasteiger partial charge < -0.3 is 16.2 Å². The summed E-state index contributed by atoms with van der Waals surface area (Å²) in [5, 5.41) is 11.5. The first-order valence-corrected chi connectivity index (χ1v) is 6.49. The van der Waals surface area contributed by atoms with Crippen molar-refractivity contribution in [3.63, 3.8) is 0 Å². The third-order valence-corrected chi connectivity index (χ3v) is 2.87. The molecule has 0 saturated heterocycles. The van der Waals surface area contributed by atoms with Crippen LogP contribution in [0.15, 0.2) is 30.3 Å². The van der Waals surface area contributed by atoms with Crippen molar-refractivity contribution < 1.29 is 14.7 Å². The highest BCUT2D eigenvalue weighted by atomic mass is 16.3. The van der Waals surface area contributed by atoms with Crippen LogP contribution in [0.25, 0.3) is 6.08 Å². The van der Waals surface area contributed by atoms with Gasteiger partial charge in [-0.25, -0.2) is 0 Å². The average Bonchev–Trinajstić information content (AvgIpc) is 2.43. The van der Waals surface area contributed by atoms with Gasteiger partial charge in [-0.15, -0.1) is 0 Å². The highest BCUT2D eigenvalue weighted by molar-refractivity contribution is 5.94. The first kappa shape index (κ1) is 15.9. The van der Waals surface area contributed by atoms with E-state index in [0.29, 0.717) is 18.5 Å². The van der Waals surface area contributed by atoms with Crippen molar-refractivity contribution in [1.29, 1.82) is 0 Å². The first-order chi connectivity index (χ1) is 9.52. The van der Waals surface area contributed by atoms with E-state index in [1.807, 2.05) is 6.92 Å². The number of hydrogen-bond donors (Lipinski definition) is 3. The predicted octanol–water partition coefficient (Wildman–Crippen LogP) is 0.933. The Kier molecular flexibility index (Phi) is 6.46. The molecule has 1 aromatic carbocycles. The number of rotatable bonds is 7. The molecule has 5 nitrogen and oxygen atoms in total. The van der Waals surface area contributed by atoms with E-state index in [0.717, 1.165) is 5.56 Å². The third-order valence-electron chi connectivity index (χ3n) is 2.87. The van der Waals surface area contributed by atoms with Gasteiger partial charge in [0.1, 0.15) is 0 Å². The molecule has 2 amide bonds. The van der Waals surface area contributed by atoms with Gasteiger partial charge in [0.25, 0.3) is 0 Å². The minimum atomic E-state index is -0.476. The Hall–Kier alpha value is -2.14. The van der Waals surface area contributed by atoms with E-state index >= 15 is 0 Å². The monoisotopic (exact) mass is 276 g/mol. The molecular weight excluding hydrogens is 256 g/mol. The molecule has 0 spiro atoms. The molecule has 0 aromatic heterocycles. The zero-order valence-corrected chi connectivity index (χ0v) is 11.5. The summed E-state index contributed by atoms with van der Waals surface area (Å²) >= 11 is 0. The van der Waals surface area contributed by atoms with Crippen LogP contribution in [0, 0.1) is 5.92 Å². The molecule has 0 radical (unpaired) electrons. The fourth-order valence-corrected chi connectivity index (χ4v) is 1.59. The van der Waals surface area contributed by atoms with Crippen molar-refractivity contribution in [2.24, 2.45) is 11.7 Å². The number of carbonyl (C=O) groups is 2. The molecule has 4 N–H and O–H groups in total. The molecule has 1 atom stereocenters. The second-order valence-electron chi connectivity index (χ2n) is 4.68. The minimum absolute atomic E-state index is 0.124. The van der Waals surface area contributed by atoms with Crippen molar-refractivity contribution in [3.8, 4) is 0 Å². The summed E-state index contributed by atoms with van der Waals surface area (Å²) in [6.45, 7) is 2.62. The molecule has 0 fully saturated rings. The van der Waals surface area contributed by atoms with Gasteiger partial charge in [0.05, 0.1) is 0 Å². The summed E-state index contributed by atoms with van der Waals surface area (Å²) in [6.07, 6.45) is 3.76. The van der Waals surface area contributed by atoms with Gasteiger partial charge in [-0.2, -0.15) is 0 Å². The molecule has 20 heavy (non-hydrogen) atoms. The number of hydrogen-bond acceptors (Lipinski definition) is 3. The maximum atomic E-state index is 11.6. The number of benzene rings is 1. The molecular formula is C15H20N2O3. The lowest BCUT2D eigenvalue weighted by Gasteiger charge is -2.09. The predicted molar refractivity (Wildman–Crippen MR) is 77.9 cm³/mol. The molecule has 0 aliphatic heterocycles. The molecule has 108 valence electrons. The quantitative estimate of drug-likeness (QED) is 0.647. The molecule has 0 heterocycles. The smallest absolute Gasteiger partial charge is 0.248 e. The standard InChI is InChI=1S/C15H20N2O3/c1-11(8-9-18)10-17-14(19)7-4-12-2-5-13(6-3-12)15(16)20/h2-7,11,18H,8-10H2,1H3,(H2,16,20)(H,17,19).